The third-order valence-electron chi connectivity index (χ3n) is 3.97. The predicted molar refractivity (Wildman–Crippen MR) is 91.5 cm³/mol. The zero-order valence-electron chi connectivity index (χ0n) is 13.9. The molecule has 2 N–H and O–H groups in total. The summed E-state index contributed by atoms with van der Waals surface area (Å²) in [6, 6.07) is 3.49. The smallest absolute Gasteiger partial charge is 0.308 e. The molecule has 1 aromatic rings. The maximum atomic E-state index is 12.0. The van der Waals surface area contributed by atoms with Crippen LogP contribution < -0.4 is 10.6 Å². The fourth-order valence-corrected chi connectivity index (χ4v) is 3.62. The number of esters is 1. The van der Waals surface area contributed by atoms with Crippen LogP contribution in [0.1, 0.15) is 56.4 Å². The Morgan fingerprint density at radius 2 is 2.04 bits per heavy atom. The number of ether oxygens (including phenoxy) is 1. The molecule has 0 bridgehead atoms. The van der Waals surface area contributed by atoms with Crippen LogP contribution in [0.5, 0.6) is 0 Å². The van der Waals surface area contributed by atoms with E-state index >= 15 is 0 Å². The molecular weight excluding hydrogens is 328 g/mol. The fourth-order valence-electron chi connectivity index (χ4n) is 2.85. The molecule has 1 unspecified atom stereocenters. The largest absolute Gasteiger partial charge is 0.456 e. The van der Waals surface area contributed by atoms with Crippen molar-refractivity contribution < 1.29 is 19.1 Å². The third kappa shape index (κ3) is 6.31. The molecule has 1 aliphatic rings. The molecule has 1 heterocycles. The van der Waals surface area contributed by atoms with Crippen LogP contribution in [0.25, 0.3) is 0 Å². The van der Waals surface area contributed by atoms with E-state index in [1.807, 2.05) is 17.5 Å². The molecule has 24 heavy (non-hydrogen) atoms. The summed E-state index contributed by atoms with van der Waals surface area (Å²) in [6.45, 7) is 1.14. The first-order chi connectivity index (χ1) is 11.5. The zero-order valence-corrected chi connectivity index (χ0v) is 14.7. The highest BCUT2D eigenvalue weighted by molar-refractivity contribution is 7.10. The lowest BCUT2D eigenvalue weighted by molar-refractivity contribution is -0.149. The molecule has 0 spiro atoms. The summed E-state index contributed by atoms with van der Waals surface area (Å²) in [5.41, 5.74) is 0. The molecule has 1 atom stereocenters. The van der Waals surface area contributed by atoms with Crippen molar-refractivity contribution in [1.82, 2.24) is 10.6 Å². The average Bonchev–Trinajstić information content (AvgIpc) is 3.07. The van der Waals surface area contributed by atoms with Gasteiger partial charge >= 0.3 is 5.97 Å². The van der Waals surface area contributed by atoms with Gasteiger partial charge in [-0.1, -0.05) is 25.3 Å². The van der Waals surface area contributed by atoms with Gasteiger partial charge in [-0.25, -0.2) is 0 Å². The molecule has 2 rings (SSSR count). The summed E-state index contributed by atoms with van der Waals surface area (Å²) < 4.78 is 5.06. The summed E-state index contributed by atoms with van der Waals surface area (Å²) in [7, 11) is 0. The number of carbonyl (C=O) groups is 3. The third-order valence-corrected chi connectivity index (χ3v) is 4.96. The Kier molecular flexibility index (Phi) is 7.24. The van der Waals surface area contributed by atoms with Gasteiger partial charge in [0.25, 0.3) is 5.91 Å². The van der Waals surface area contributed by atoms with Crippen molar-refractivity contribution in [2.24, 2.45) is 0 Å². The van der Waals surface area contributed by atoms with Crippen molar-refractivity contribution >= 4 is 29.1 Å². The Morgan fingerprint density at radius 1 is 1.29 bits per heavy atom. The highest BCUT2D eigenvalue weighted by Crippen LogP contribution is 2.22. The van der Waals surface area contributed by atoms with Crippen LogP contribution in [0.3, 0.4) is 0 Å². The highest BCUT2D eigenvalue weighted by atomic mass is 32.1. The summed E-state index contributed by atoms with van der Waals surface area (Å²) in [6.07, 6.45) is 5.46. The standard InChI is InChI=1S/C17H24N2O4S/c1-12(20)18-14(15-8-5-9-24-15)10-17(22)23-11-16(21)19-13-6-3-2-4-7-13/h5,8-9,13-14H,2-4,6-7,10-11H2,1H3,(H,18,20)(H,19,21). The van der Waals surface area contributed by atoms with E-state index in [9.17, 15) is 14.4 Å². The Hall–Kier alpha value is -1.89. The van der Waals surface area contributed by atoms with Crippen LogP contribution >= 0.6 is 11.3 Å². The normalized spacial score (nSPS) is 16.2. The Bertz CT molecular complexity index is 553. The van der Waals surface area contributed by atoms with E-state index in [2.05, 4.69) is 10.6 Å². The first-order valence-corrected chi connectivity index (χ1v) is 9.18. The maximum absolute atomic E-state index is 12.0. The van der Waals surface area contributed by atoms with Gasteiger partial charge in [0.1, 0.15) is 0 Å². The molecule has 1 saturated carbocycles. The van der Waals surface area contributed by atoms with Gasteiger partial charge in [-0.2, -0.15) is 0 Å². The molecular formula is C17H24N2O4S. The molecule has 1 fully saturated rings. The molecule has 132 valence electrons. The van der Waals surface area contributed by atoms with Crippen LogP contribution in [0.15, 0.2) is 17.5 Å². The molecule has 1 aliphatic carbocycles. The van der Waals surface area contributed by atoms with E-state index in [-0.39, 0.29) is 30.9 Å². The zero-order chi connectivity index (χ0) is 17.4. The van der Waals surface area contributed by atoms with E-state index in [1.54, 1.807) is 0 Å². The fraction of sp³-hybridized carbons (Fsp3) is 0.588. The van der Waals surface area contributed by atoms with E-state index < -0.39 is 12.0 Å². The van der Waals surface area contributed by atoms with Crippen LogP contribution in [0, 0.1) is 0 Å². The molecule has 0 saturated heterocycles. The maximum Gasteiger partial charge on any atom is 0.308 e. The minimum atomic E-state index is -0.499. The number of hydrogen-bond acceptors (Lipinski definition) is 5. The highest BCUT2D eigenvalue weighted by Gasteiger charge is 2.20. The van der Waals surface area contributed by atoms with Crippen molar-refractivity contribution in [2.45, 2.75) is 57.5 Å². The number of carbonyl (C=O) groups excluding carboxylic acids is 3. The lowest BCUT2D eigenvalue weighted by atomic mass is 9.95. The van der Waals surface area contributed by atoms with Gasteiger partial charge in [-0.3, -0.25) is 14.4 Å². The molecule has 1 aromatic heterocycles. The second kappa shape index (κ2) is 9.42. The van der Waals surface area contributed by atoms with Crippen LogP contribution in [-0.4, -0.2) is 30.4 Å². The molecule has 6 nitrogen and oxygen atoms in total. The van der Waals surface area contributed by atoms with E-state index in [1.165, 1.54) is 24.7 Å². The van der Waals surface area contributed by atoms with Crippen molar-refractivity contribution in [3.8, 4) is 0 Å². The van der Waals surface area contributed by atoms with Crippen LogP contribution in [-0.2, 0) is 19.1 Å². The average molecular weight is 352 g/mol. The van der Waals surface area contributed by atoms with Crippen molar-refractivity contribution in [3.63, 3.8) is 0 Å². The molecule has 2 amide bonds. The molecule has 0 aliphatic heterocycles. The Labute approximate surface area is 146 Å². The first-order valence-electron chi connectivity index (χ1n) is 8.30. The van der Waals surface area contributed by atoms with E-state index in [0.29, 0.717) is 0 Å². The van der Waals surface area contributed by atoms with Crippen LogP contribution in [0.2, 0.25) is 0 Å². The first kappa shape index (κ1) is 18.4. The topological polar surface area (TPSA) is 84.5 Å². The summed E-state index contributed by atoms with van der Waals surface area (Å²) in [5.74, 6) is -0.973. The Balaban J connectivity index is 1.76. The van der Waals surface area contributed by atoms with Crippen molar-refractivity contribution in [2.75, 3.05) is 6.61 Å². The van der Waals surface area contributed by atoms with Gasteiger partial charge in [0.15, 0.2) is 6.61 Å². The van der Waals surface area contributed by atoms with Gasteiger partial charge in [0.2, 0.25) is 5.91 Å². The summed E-state index contributed by atoms with van der Waals surface area (Å²) in [4.78, 5) is 36.0. The molecule has 0 radical (unpaired) electrons. The summed E-state index contributed by atoms with van der Waals surface area (Å²) in [5, 5.41) is 7.52. The predicted octanol–water partition coefficient (Wildman–Crippen LogP) is 2.31. The number of rotatable bonds is 7. The van der Waals surface area contributed by atoms with Crippen LogP contribution in [0.4, 0.5) is 0 Å². The van der Waals surface area contributed by atoms with Gasteiger partial charge in [0, 0.05) is 17.8 Å². The minimum Gasteiger partial charge on any atom is -0.456 e. The second-order valence-electron chi connectivity index (χ2n) is 6.04. The lowest BCUT2D eigenvalue weighted by Crippen LogP contribution is -2.39. The lowest BCUT2D eigenvalue weighted by Gasteiger charge is -2.22. The van der Waals surface area contributed by atoms with Crippen molar-refractivity contribution in [1.29, 1.82) is 0 Å². The number of thiophene rings is 1. The van der Waals surface area contributed by atoms with Gasteiger partial charge in [-0.05, 0) is 24.3 Å². The molecule has 0 aromatic carbocycles. The summed E-state index contributed by atoms with van der Waals surface area (Å²) >= 11 is 1.46. The second-order valence-corrected chi connectivity index (χ2v) is 7.02. The van der Waals surface area contributed by atoms with Gasteiger partial charge < -0.3 is 15.4 Å². The van der Waals surface area contributed by atoms with E-state index in [4.69, 9.17) is 4.74 Å². The number of nitrogens with one attached hydrogen (secondary N) is 2. The van der Waals surface area contributed by atoms with Crippen molar-refractivity contribution in [3.05, 3.63) is 22.4 Å². The number of amides is 2. The quantitative estimate of drug-likeness (QED) is 0.738. The number of hydrogen-bond donors (Lipinski definition) is 2. The minimum absolute atomic E-state index is 0.0107. The monoisotopic (exact) mass is 352 g/mol. The van der Waals surface area contributed by atoms with Gasteiger partial charge in [0.05, 0.1) is 12.5 Å². The molecule has 7 heteroatoms. The van der Waals surface area contributed by atoms with Gasteiger partial charge in [-0.15, -0.1) is 11.3 Å². The van der Waals surface area contributed by atoms with E-state index in [0.717, 1.165) is 30.6 Å². The Morgan fingerprint density at radius 3 is 2.67 bits per heavy atom. The SMILES string of the molecule is CC(=O)NC(CC(=O)OCC(=O)NC1CCCCC1)c1cccs1.